The average molecular weight is 322 g/mol. The molecule has 1 aromatic heterocycles. The standard InChI is InChI=1S/C15H22N4O2S/c1-22-8-6-17-14(20)9-13-15(21)18-5-7-19(13)11-12-3-2-4-16-10-12/h2-4,10,13H,5-9,11H2,1H3,(H,17,20)(H,18,21). The Morgan fingerprint density at radius 1 is 1.59 bits per heavy atom. The van der Waals surface area contributed by atoms with Crippen molar-refractivity contribution in [2.75, 3.05) is 31.6 Å². The quantitative estimate of drug-likeness (QED) is 0.704. The molecule has 1 aromatic rings. The number of nitrogens with one attached hydrogen (secondary N) is 2. The monoisotopic (exact) mass is 322 g/mol. The zero-order valence-corrected chi connectivity index (χ0v) is 13.6. The van der Waals surface area contributed by atoms with Crippen LogP contribution in [-0.2, 0) is 16.1 Å². The lowest BCUT2D eigenvalue weighted by atomic mass is 10.1. The van der Waals surface area contributed by atoms with Gasteiger partial charge in [-0.2, -0.15) is 11.8 Å². The van der Waals surface area contributed by atoms with Gasteiger partial charge in [-0.3, -0.25) is 19.5 Å². The highest BCUT2D eigenvalue weighted by Crippen LogP contribution is 2.13. The van der Waals surface area contributed by atoms with E-state index in [1.165, 1.54) is 0 Å². The number of rotatable bonds is 7. The minimum absolute atomic E-state index is 0.0739. The predicted molar refractivity (Wildman–Crippen MR) is 87.5 cm³/mol. The first kappa shape index (κ1) is 16.8. The third-order valence-electron chi connectivity index (χ3n) is 3.56. The van der Waals surface area contributed by atoms with Gasteiger partial charge in [0, 0.05) is 44.3 Å². The van der Waals surface area contributed by atoms with Crippen molar-refractivity contribution in [3.63, 3.8) is 0 Å². The van der Waals surface area contributed by atoms with Gasteiger partial charge in [-0.1, -0.05) is 6.07 Å². The third-order valence-corrected chi connectivity index (χ3v) is 4.17. The summed E-state index contributed by atoms with van der Waals surface area (Å²) in [4.78, 5) is 30.2. The lowest BCUT2D eigenvalue weighted by Gasteiger charge is -2.34. The number of amides is 2. The van der Waals surface area contributed by atoms with Gasteiger partial charge in [0.25, 0.3) is 0 Å². The van der Waals surface area contributed by atoms with Gasteiger partial charge >= 0.3 is 0 Å². The maximum atomic E-state index is 12.1. The molecule has 1 atom stereocenters. The highest BCUT2D eigenvalue weighted by Gasteiger charge is 2.31. The van der Waals surface area contributed by atoms with E-state index in [9.17, 15) is 9.59 Å². The molecule has 0 aliphatic carbocycles. The second-order valence-electron chi connectivity index (χ2n) is 5.19. The van der Waals surface area contributed by atoms with E-state index >= 15 is 0 Å². The Kier molecular flexibility index (Phi) is 6.67. The molecule has 1 aliphatic rings. The first-order valence-electron chi connectivity index (χ1n) is 7.37. The maximum Gasteiger partial charge on any atom is 0.237 e. The van der Waals surface area contributed by atoms with Crippen LogP contribution in [0.4, 0.5) is 0 Å². The highest BCUT2D eigenvalue weighted by atomic mass is 32.2. The summed E-state index contributed by atoms with van der Waals surface area (Å²) in [6.45, 7) is 2.62. The molecule has 6 nitrogen and oxygen atoms in total. The molecule has 0 aromatic carbocycles. The summed E-state index contributed by atoms with van der Waals surface area (Å²) >= 11 is 1.68. The number of hydrogen-bond donors (Lipinski definition) is 2. The number of carbonyl (C=O) groups is 2. The van der Waals surface area contributed by atoms with Crippen LogP contribution < -0.4 is 10.6 Å². The zero-order chi connectivity index (χ0) is 15.8. The first-order chi connectivity index (χ1) is 10.7. The van der Waals surface area contributed by atoms with Crippen LogP contribution in [0.25, 0.3) is 0 Å². The SMILES string of the molecule is CSCCNC(=O)CC1C(=O)NCCN1Cc1cccnc1. The van der Waals surface area contributed by atoms with Gasteiger partial charge in [-0.15, -0.1) is 0 Å². The highest BCUT2D eigenvalue weighted by molar-refractivity contribution is 7.98. The van der Waals surface area contributed by atoms with Crippen molar-refractivity contribution in [1.82, 2.24) is 20.5 Å². The lowest BCUT2D eigenvalue weighted by molar-refractivity contribution is -0.134. The van der Waals surface area contributed by atoms with Crippen LogP contribution in [0.15, 0.2) is 24.5 Å². The summed E-state index contributed by atoms with van der Waals surface area (Å²) in [7, 11) is 0. The molecule has 1 fully saturated rings. The molecule has 0 saturated carbocycles. The van der Waals surface area contributed by atoms with E-state index in [4.69, 9.17) is 0 Å². The molecule has 2 amide bonds. The smallest absolute Gasteiger partial charge is 0.237 e. The van der Waals surface area contributed by atoms with E-state index in [2.05, 4.69) is 15.6 Å². The number of pyridine rings is 1. The van der Waals surface area contributed by atoms with Crippen molar-refractivity contribution in [3.05, 3.63) is 30.1 Å². The van der Waals surface area contributed by atoms with Crippen molar-refractivity contribution in [2.24, 2.45) is 0 Å². The van der Waals surface area contributed by atoms with Crippen LogP contribution in [0, 0.1) is 0 Å². The summed E-state index contributed by atoms with van der Waals surface area (Å²) in [5.41, 5.74) is 1.05. The Labute approximate surface area is 135 Å². The Hall–Kier alpha value is -1.60. The Bertz CT molecular complexity index is 498. The van der Waals surface area contributed by atoms with Crippen LogP contribution in [0.3, 0.4) is 0 Å². The number of piperazine rings is 1. The van der Waals surface area contributed by atoms with Crippen molar-refractivity contribution < 1.29 is 9.59 Å². The van der Waals surface area contributed by atoms with Crippen molar-refractivity contribution in [1.29, 1.82) is 0 Å². The molecule has 7 heteroatoms. The molecule has 1 unspecified atom stereocenters. The molecule has 2 N–H and O–H groups in total. The molecule has 1 aliphatic heterocycles. The summed E-state index contributed by atoms with van der Waals surface area (Å²) < 4.78 is 0. The molecule has 120 valence electrons. The second-order valence-corrected chi connectivity index (χ2v) is 6.17. The molecule has 0 bridgehead atoms. The summed E-state index contributed by atoms with van der Waals surface area (Å²) in [6, 6.07) is 3.45. The second kappa shape index (κ2) is 8.75. The molecule has 0 spiro atoms. The molecule has 0 radical (unpaired) electrons. The minimum atomic E-state index is -0.414. The molecule has 2 rings (SSSR count). The molecule has 2 heterocycles. The number of carbonyl (C=O) groups excluding carboxylic acids is 2. The maximum absolute atomic E-state index is 12.1. The van der Waals surface area contributed by atoms with Gasteiger partial charge in [-0.05, 0) is 17.9 Å². The van der Waals surface area contributed by atoms with Gasteiger partial charge in [-0.25, -0.2) is 0 Å². The van der Waals surface area contributed by atoms with Gasteiger partial charge in [0.1, 0.15) is 0 Å². The average Bonchev–Trinajstić information content (AvgIpc) is 2.52. The fourth-order valence-electron chi connectivity index (χ4n) is 2.44. The number of aromatic nitrogens is 1. The Balaban J connectivity index is 1.94. The Morgan fingerprint density at radius 3 is 3.18 bits per heavy atom. The van der Waals surface area contributed by atoms with Crippen LogP contribution in [0.2, 0.25) is 0 Å². The Morgan fingerprint density at radius 2 is 2.45 bits per heavy atom. The normalized spacial score (nSPS) is 18.8. The van der Waals surface area contributed by atoms with Crippen LogP contribution in [-0.4, -0.2) is 59.4 Å². The van der Waals surface area contributed by atoms with Crippen LogP contribution in [0.1, 0.15) is 12.0 Å². The minimum Gasteiger partial charge on any atom is -0.355 e. The van der Waals surface area contributed by atoms with Crippen LogP contribution >= 0.6 is 11.8 Å². The van der Waals surface area contributed by atoms with E-state index in [0.717, 1.165) is 17.9 Å². The molecule has 22 heavy (non-hydrogen) atoms. The van der Waals surface area contributed by atoms with E-state index < -0.39 is 6.04 Å². The number of hydrogen-bond acceptors (Lipinski definition) is 5. The molecular formula is C15H22N4O2S. The van der Waals surface area contributed by atoms with Gasteiger partial charge < -0.3 is 10.6 Å². The predicted octanol–water partition coefficient (Wildman–Crippen LogP) is 0.251. The van der Waals surface area contributed by atoms with Gasteiger partial charge in [0.15, 0.2) is 0 Å². The van der Waals surface area contributed by atoms with Gasteiger partial charge in [0.2, 0.25) is 11.8 Å². The van der Waals surface area contributed by atoms with E-state index in [0.29, 0.717) is 19.6 Å². The van der Waals surface area contributed by atoms with E-state index in [1.807, 2.05) is 23.3 Å². The summed E-state index contributed by atoms with van der Waals surface area (Å²) in [6.07, 6.45) is 5.71. The largest absolute Gasteiger partial charge is 0.355 e. The zero-order valence-electron chi connectivity index (χ0n) is 12.7. The van der Waals surface area contributed by atoms with Crippen LogP contribution in [0.5, 0.6) is 0 Å². The number of thioether (sulfide) groups is 1. The molecular weight excluding hydrogens is 300 g/mol. The fraction of sp³-hybridized carbons (Fsp3) is 0.533. The van der Waals surface area contributed by atoms with E-state index in [-0.39, 0.29) is 18.2 Å². The fourth-order valence-corrected chi connectivity index (χ4v) is 2.75. The van der Waals surface area contributed by atoms with E-state index in [1.54, 1.807) is 24.2 Å². The third kappa shape index (κ3) is 4.99. The summed E-state index contributed by atoms with van der Waals surface area (Å²) in [5.74, 6) is 0.726. The number of nitrogens with zero attached hydrogens (tertiary/aromatic N) is 2. The molecule has 1 saturated heterocycles. The van der Waals surface area contributed by atoms with Crippen molar-refractivity contribution in [2.45, 2.75) is 19.0 Å². The lowest BCUT2D eigenvalue weighted by Crippen LogP contribution is -2.56. The van der Waals surface area contributed by atoms with Crippen molar-refractivity contribution in [3.8, 4) is 0 Å². The van der Waals surface area contributed by atoms with Crippen molar-refractivity contribution >= 4 is 23.6 Å². The topological polar surface area (TPSA) is 74.3 Å². The first-order valence-corrected chi connectivity index (χ1v) is 8.76. The summed E-state index contributed by atoms with van der Waals surface area (Å²) in [5, 5.41) is 5.70. The van der Waals surface area contributed by atoms with Gasteiger partial charge in [0.05, 0.1) is 12.5 Å².